The van der Waals surface area contributed by atoms with E-state index in [-0.39, 0.29) is 29.3 Å². The molecule has 8 heteroatoms. The van der Waals surface area contributed by atoms with Crippen LogP contribution in [-0.2, 0) is 4.79 Å². The standard InChI is InChI=1S/C27H36ClN5O2/c1-17-15-21(34)24-22(17)25(30-16-29-24)32-11-13-33(14-12-32)26(35)23(18-5-7-19(28)8-6-18)20-9-10-27(2,3)31(20)4/h5-8,16-17,20-21,23,34H,9-15H2,1-4H3/t17-,20+,21+,23+/m1/s1. The van der Waals surface area contributed by atoms with E-state index in [0.29, 0.717) is 24.5 Å². The lowest BCUT2D eigenvalue weighted by Gasteiger charge is -2.41. The number of nitrogens with zero attached hydrogens (tertiary/aromatic N) is 5. The van der Waals surface area contributed by atoms with Crippen molar-refractivity contribution in [2.45, 2.75) is 69.6 Å². The Bertz CT molecular complexity index is 1080. The number of aromatic nitrogens is 2. The lowest BCUT2D eigenvalue weighted by Crippen LogP contribution is -2.53. The number of hydrogen-bond donors (Lipinski definition) is 1. The number of hydrogen-bond acceptors (Lipinski definition) is 6. The molecule has 1 aromatic carbocycles. The normalized spacial score (nSPS) is 27.2. The summed E-state index contributed by atoms with van der Waals surface area (Å²) < 4.78 is 0. The van der Waals surface area contributed by atoms with Crippen molar-refractivity contribution in [2.75, 3.05) is 38.1 Å². The van der Waals surface area contributed by atoms with Gasteiger partial charge in [0, 0.05) is 48.3 Å². The zero-order valence-electron chi connectivity index (χ0n) is 21.1. The monoisotopic (exact) mass is 497 g/mol. The summed E-state index contributed by atoms with van der Waals surface area (Å²) in [5.41, 5.74) is 2.93. The molecule has 3 heterocycles. The molecule has 7 nitrogen and oxygen atoms in total. The van der Waals surface area contributed by atoms with Crippen LogP contribution >= 0.6 is 11.6 Å². The molecule has 1 aliphatic carbocycles. The Morgan fingerprint density at radius 1 is 1.14 bits per heavy atom. The summed E-state index contributed by atoms with van der Waals surface area (Å²) in [6.07, 6.45) is 3.80. The Kier molecular flexibility index (Phi) is 6.53. The van der Waals surface area contributed by atoms with Crippen LogP contribution in [0.25, 0.3) is 0 Å². The van der Waals surface area contributed by atoms with E-state index in [1.54, 1.807) is 6.33 Å². The lowest BCUT2D eigenvalue weighted by molar-refractivity contribution is -0.134. The van der Waals surface area contributed by atoms with Crippen LogP contribution < -0.4 is 4.90 Å². The summed E-state index contributed by atoms with van der Waals surface area (Å²) in [5, 5.41) is 11.0. The van der Waals surface area contributed by atoms with Gasteiger partial charge in [0.1, 0.15) is 12.1 Å². The minimum Gasteiger partial charge on any atom is -0.387 e. The van der Waals surface area contributed by atoms with Crippen molar-refractivity contribution in [3.63, 3.8) is 0 Å². The van der Waals surface area contributed by atoms with Gasteiger partial charge in [0.15, 0.2) is 0 Å². The lowest BCUT2D eigenvalue weighted by atomic mass is 9.88. The summed E-state index contributed by atoms with van der Waals surface area (Å²) in [5.74, 6) is 1.12. The summed E-state index contributed by atoms with van der Waals surface area (Å²) in [4.78, 5) is 29.6. The van der Waals surface area contributed by atoms with Crippen molar-refractivity contribution in [1.29, 1.82) is 0 Å². The largest absolute Gasteiger partial charge is 0.387 e. The van der Waals surface area contributed by atoms with E-state index in [4.69, 9.17) is 11.6 Å². The summed E-state index contributed by atoms with van der Waals surface area (Å²) in [6, 6.07) is 7.96. The number of carbonyl (C=O) groups is 1. The van der Waals surface area contributed by atoms with Crippen LogP contribution in [0.2, 0.25) is 5.02 Å². The predicted octanol–water partition coefficient (Wildman–Crippen LogP) is 3.98. The van der Waals surface area contributed by atoms with Gasteiger partial charge in [-0.05, 0) is 63.8 Å². The maximum Gasteiger partial charge on any atom is 0.231 e. The fraction of sp³-hybridized carbons (Fsp3) is 0.593. The van der Waals surface area contributed by atoms with E-state index < -0.39 is 6.10 Å². The number of likely N-dealkylation sites (N-methyl/N-ethyl adjacent to an activating group) is 1. The molecule has 3 aliphatic rings. The van der Waals surface area contributed by atoms with E-state index in [1.807, 2.05) is 29.2 Å². The molecule has 1 N–H and O–H groups in total. The van der Waals surface area contributed by atoms with Gasteiger partial charge in [0.2, 0.25) is 5.91 Å². The van der Waals surface area contributed by atoms with E-state index in [0.717, 1.165) is 48.6 Å². The zero-order chi connectivity index (χ0) is 24.9. The predicted molar refractivity (Wildman–Crippen MR) is 138 cm³/mol. The maximum atomic E-state index is 14.0. The molecule has 0 spiro atoms. The Balaban J connectivity index is 1.36. The minimum atomic E-state index is -0.516. The molecule has 2 fully saturated rings. The third kappa shape index (κ3) is 4.43. The molecule has 2 aliphatic heterocycles. The first kappa shape index (κ1) is 24.5. The number of aliphatic hydroxyl groups excluding tert-OH is 1. The maximum absolute atomic E-state index is 14.0. The minimum absolute atomic E-state index is 0.0724. The molecular formula is C27H36ClN5O2. The molecule has 0 unspecified atom stereocenters. The van der Waals surface area contributed by atoms with Gasteiger partial charge in [-0.1, -0.05) is 30.7 Å². The molecule has 1 aromatic heterocycles. The highest BCUT2D eigenvalue weighted by molar-refractivity contribution is 6.30. The van der Waals surface area contributed by atoms with Gasteiger partial charge in [-0.2, -0.15) is 0 Å². The average Bonchev–Trinajstić information content (AvgIpc) is 3.29. The Morgan fingerprint density at radius 2 is 1.83 bits per heavy atom. The topological polar surface area (TPSA) is 72.8 Å². The quantitative estimate of drug-likeness (QED) is 0.689. The van der Waals surface area contributed by atoms with Gasteiger partial charge in [-0.3, -0.25) is 9.69 Å². The number of amides is 1. The van der Waals surface area contributed by atoms with E-state index in [2.05, 4.69) is 47.6 Å². The molecule has 188 valence electrons. The molecule has 0 radical (unpaired) electrons. The molecule has 0 bridgehead atoms. The van der Waals surface area contributed by atoms with Gasteiger partial charge >= 0.3 is 0 Å². The smallest absolute Gasteiger partial charge is 0.231 e. The molecule has 0 saturated carbocycles. The molecule has 2 aromatic rings. The molecule has 2 saturated heterocycles. The Morgan fingerprint density at radius 3 is 2.46 bits per heavy atom. The number of piperazine rings is 1. The van der Waals surface area contributed by atoms with Gasteiger partial charge < -0.3 is 14.9 Å². The molecule has 5 rings (SSSR count). The fourth-order valence-electron chi connectivity index (χ4n) is 6.20. The Labute approximate surface area is 213 Å². The number of anilines is 1. The van der Waals surface area contributed by atoms with Crippen molar-refractivity contribution in [3.05, 3.63) is 52.4 Å². The van der Waals surface area contributed by atoms with Crippen molar-refractivity contribution < 1.29 is 9.90 Å². The second-order valence-corrected chi connectivity index (χ2v) is 11.5. The van der Waals surface area contributed by atoms with Crippen molar-refractivity contribution in [2.24, 2.45) is 0 Å². The van der Waals surface area contributed by atoms with Gasteiger partial charge in [0.05, 0.1) is 17.7 Å². The fourth-order valence-corrected chi connectivity index (χ4v) is 6.33. The highest BCUT2D eigenvalue weighted by Gasteiger charge is 2.45. The van der Waals surface area contributed by atoms with E-state index in [9.17, 15) is 9.90 Å². The van der Waals surface area contributed by atoms with Crippen molar-refractivity contribution in [3.8, 4) is 0 Å². The van der Waals surface area contributed by atoms with Gasteiger partial charge in [-0.15, -0.1) is 0 Å². The first-order chi connectivity index (χ1) is 16.7. The first-order valence-corrected chi connectivity index (χ1v) is 13.1. The highest BCUT2D eigenvalue weighted by atomic mass is 35.5. The number of rotatable bonds is 4. The average molecular weight is 498 g/mol. The van der Waals surface area contributed by atoms with E-state index >= 15 is 0 Å². The second-order valence-electron chi connectivity index (χ2n) is 11.0. The molecule has 1 amide bonds. The van der Waals surface area contributed by atoms with Crippen LogP contribution in [0.15, 0.2) is 30.6 Å². The van der Waals surface area contributed by atoms with E-state index in [1.165, 1.54) is 0 Å². The van der Waals surface area contributed by atoms with Crippen molar-refractivity contribution in [1.82, 2.24) is 19.8 Å². The third-order valence-electron chi connectivity index (χ3n) is 8.55. The second kappa shape index (κ2) is 9.34. The van der Waals surface area contributed by atoms with Crippen LogP contribution in [0, 0.1) is 0 Å². The molecule has 4 atom stereocenters. The van der Waals surface area contributed by atoms with Crippen LogP contribution in [0.1, 0.15) is 74.8 Å². The summed E-state index contributed by atoms with van der Waals surface area (Å²) in [7, 11) is 2.15. The first-order valence-electron chi connectivity index (χ1n) is 12.7. The summed E-state index contributed by atoms with van der Waals surface area (Å²) in [6.45, 7) is 9.38. The van der Waals surface area contributed by atoms with Crippen LogP contribution in [0.3, 0.4) is 0 Å². The molecule has 35 heavy (non-hydrogen) atoms. The molecular weight excluding hydrogens is 462 g/mol. The third-order valence-corrected chi connectivity index (χ3v) is 8.81. The Hall–Kier alpha value is -2.22. The van der Waals surface area contributed by atoms with Crippen LogP contribution in [0.4, 0.5) is 5.82 Å². The van der Waals surface area contributed by atoms with Crippen LogP contribution in [-0.4, -0.2) is 75.6 Å². The number of fused-ring (bicyclic) bond motifs is 1. The number of aliphatic hydroxyl groups is 1. The van der Waals surface area contributed by atoms with Gasteiger partial charge in [-0.25, -0.2) is 9.97 Å². The van der Waals surface area contributed by atoms with Crippen molar-refractivity contribution >= 4 is 23.3 Å². The summed E-state index contributed by atoms with van der Waals surface area (Å²) >= 11 is 6.17. The number of benzene rings is 1. The SMILES string of the molecule is C[C@@H]1C[C@H](O)c2ncnc(N3CCN(C(=O)[C@@H](c4ccc(Cl)cc4)[C@@H]4CCC(C)(C)N4C)CC3)c21. The van der Waals surface area contributed by atoms with Crippen LogP contribution in [0.5, 0.6) is 0 Å². The zero-order valence-corrected chi connectivity index (χ0v) is 21.9. The number of likely N-dealkylation sites (tertiary alicyclic amines) is 1. The number of carbonyl (C=O) groups excluding carboxylic acids is 1. The highest BCUT2D eigenvalue weighted by Crippen LogP contribution is 2.43. The number of halogens is 1. The van der Waals surface area contributed by atoms with Gasteiger partial charge in [0.25, 0.3) is 0 Å².